The SMILES string of the molecule is Cc1nc(C)c2c(C)c(C(=O)NCc3ccc(CN4CCC(C)CC4)cc3)sc2n1. The molecule has 1 aliphatic rings. The van der Waals surface area contributed by atoms with Crippen molar-refractivity contribution in [1.29, 1.82) is 0 Å². The first kappa shape index (κ1) is 20.9. The van der Waals surface area contributed by atoms with Crippen molar-refractivity contribution in [3.63, 3.8) is 0 Å². The molecule has 0 bridgehead atoms. The van der Waals surface area contributed by atoms with Crippen LogP contribution >= 0.6 is 11.3 Å². The highest BCUT2D eigenvalue weighted by atomic mass is 32.1. The van der Waals surface area contributed by atoms with Crippen molar-refractivity contribution in [2.45, 2.75) is 53.6 Å². The van der Waals surface area contributed by atoms with Crippen molar-refractivity contribution >= 4 is 27.5 Å². The Balaban J connectivity index is 1.38. The number of rotatable bonds is 5. The number of nitrogens with one attached hydrogen (secondary N) is 1. The summed E-state index contributed by atoms with van der Waals surface area (Å²) in [5.41, 5.74) is 4.36. The molecule has 4 rings (SSSR count). The van der Waals surface area contributed by atoms with Gasteiger partial charge < -0.3 is 5.32 Å². The predicted octanol–water partition coefficient (Wildman–Crippen LogP) is 4.78. The molecule has 1 amide bonds. The van der Waals surface area contributed by atoms with E-state index in [1.807, 2.05) is 20.8 Å². The molecule has 2 aromatic heterocycles. The van der Waals surface area contributed by atoms with Crippen LogP contribution in [-0.4, -0.2) is 33.9 Å². The standard InChI is InChI=1S/C24H30N4OS/c1-15-9-11-28(12-10-15)14-20-7-5-19(6-8-20)13-25-23(29)22-16(2)21-17(3)26-18(4)27-24(21)30-22/h5-8,15H,9-14H2,1-4H3,(H,25,29). The van der Waals surface area contributed by atoms with Crippen LogP contribution in [0.5, 0.6) is 0 Å². The van der Waals surface area contributed by atoms with Crippen LogP contribution in [0.4, 0.5) is 0 Å². The van der Waals surface area contributed by atoms with Crippen LogP contribution in [0.1, 0.15) is 57.6 Å². The van der Waals surface area contributed by atoms with E-state index in [1.54, 1.807) is 0 Å². The van der Waals surface area contributed by atoms with E-state index in [0.717, 1.165) is 50.2 Å². The van der Waals surface area contributed by atoms with Gasteiger partial charge in [0.25, 0.3) is 5.91 Å². The Hall–Kier alpha value is -2.31. The van der Waals surface area contributed by atoms with Gasteiger partial charge >= 0.3 is 0 Å². The first-order valence-electron chi connectivity index (χ1n) is 10.7. The molecule has 0 radical (unpaired) electrons. The lowest BCUT2D eigenvalue weighted by Crippen LogP contribution is -2.32. The number of likely N-dealkylation sites (tertiary alicyclic amines) is 1. The number of carbonyl (C=O) groups excluding carboxylic acids is 1. The Kier molecular flexibility index (Phi) is 6.16. The summed E-state index contributed by atoms with van der Waals surface area (Å²) in [5.74, 6) is 1.56. The normalized spacial score (nSPS) is 15.6. The zero-order chi connectivity index (χ0) is 21.3. The lowest BCUT2D eigenvalue weighted by atomic mass is 9.99. The molecule has 3 aromatic rings. The van der Waals surface area contributed by atoms with E-state index in [1.165, 1.54) is 42.8 Å². The molecule has 1 aromatic carbocycles. The minimum absolute atomic E-state index is 0.0425. The van der Waals surface area contributed by atoms with Crippen molar-refractivity contribution < 1.29 is 4.79 Å². The van der Waals surface area contributed by atoms with E-state index >= 15 is 0 Å². The third kappa shape index (κ3) is 4.55. The molecule has 1 fully saturated rings. The molecular formula is C24H30N4OS. The van der Waals surface area contributed by atoms with Gasteiger partial charge in [-0.2, -0.15) is 0 Å². The molecule has 0 saturated carbocycles. The highest BCUT2D eigenvalue weighted by Gasteiger charge is 2.19. The average molecular weight is 423 g/mol. The van der Waals surface area contributed by atoms with Crippen molar-refractivity contribution in [3.05, 3.63) is 57.4 Å². The summed E-state index contributed by atoms with van der Waals surface area (Å²) in [6, 6.07) is 8.62. The Morgan fingerprint density at radius 1 is 1.10 bits per heavy atom. The van der Waals surface area contributed by atoms with Gasteiger partial charge in [-0.3, -0.25) is 9.69 Å². The van der Waals surface area contributed by atoms with Gasteiger partial charge in [-0.05, 0) is 69.3 Å². The van der Waals surface area contributed by atoms with Crippen LogP contribution in [0.3, 0.4) is 0 Å². The molecule has 3 heterocycles. The molecule has 0 unspecified atom stereocenters. The molecule has 1 N–H and O–H groups in total. The fourth-order valence-corrected chi connectivity index (χ4v) is 5.39. The summed E-state index contributed by atoms with van der Waals surface area (Å²) in [7, 11) is 0. The van der Waals surface area contributed by atoms with Gasteiger partial charge in [0, 0.05) is 24.2 Å². The second kappa shape index (κ2) is 8.82. The molecule has 1 saturated heterocycles. The first-order chi connectivity index (χ1) is 14.4. The quantitative estimate of drug-likeness (QED) is 0.643. The summed E-state index contributed by atoms with van der Waals surface area (Å²) in [5, 5.41) is 4.08. The van der Waals surface area contributed by atoms with Crippen LogP contribution in [0.15, 0.2) is 24.3 Å². The summed E-state index contributed by atoms with van der Waals surface area (Å²) in [6.45, 7) is 12.1. The van der Waals surface area contributed by atoms with Crippen LogP contribution in [-0.2, 0) is 13.1 Å². The summed E-state index contributed by atoms with van der Waals surface area (Å²) in [6.07, 6.45) is 2.60. The van der Waals surface area contributed by atoms with Crippen molar-refractivity contribution in [2.75, 3.05) is 13.1 Å². The lowest BCUT2D eigenvalue weighted by Gasteiger charge is -2.30. The number of carbonyl (C=O) groups is 1. The topological polar surface area (TPSA) is 58.1 Å². The van der Waals surface area contributed by atoms with E-state index in [9.17, 15) is 4.79 Å². The van der Waals surface area contributed by atoms with Gasteiger partial charge in [0.05, 0.1) is 4.88 Å². The molecule has 158 valence electrons. The number of hydrogen-bond donors (Lipinski definition) is 1. The zero-order valence-electron chi connectivity index (χ0n) is 18.3. The maximum Gasteiger partial charge on any atom is 0.261 e. The molecule has 30 heavy (non-hydrogen) atoms. The van der Waals surface area contributed by atoms with Gasteiger partial charge in [-0.15, -0.1) is 11.3 Å². The largest absolute Gasteiger partial charge is 0.347 e. The monoisotopic (exact) mass is 422 g/mol. The molecule has 0 aliphatic carbocycles. The molecule has 5 nitrogen and oxygen atoms in total. The van der Waals surface area contributed by atoms with E-state index in [-0.39, 0.29) is 5.91 Å². The number of aryl methyl sites for hydroxylation is 3. The maximum absolute atomic E-state index is 12.8. The Bertz CT molecular complexity index is 1050. The number of hydrogen-bond acceptors (Lipinski definition) is 5. The van der Waals surface area contributed by atoms with E-state index in [4.69, 9.17) is 0 Å². The third-order valence-electron chi connectivity index (χ3n) is 6.05. The Morgan fingerprint density at radius 2 is 1.77 bits per heavy atom. The van der Waals surface area contributed by atoms with Gasteiger partial charge in [0.1, 0.15) is 10.7 Å². The van der Waals surface area contributed by atoms with Crippen LogP contribution in [0.2, 0.25) is 0 Å². The number of thiophene rings is 1. The Labute approximate surface area is 182 Å². The van der Waals surface area contributed by atoms with E-state index in [2.05, 4.69) is 51.4 Å². The van der Waals surface area contributed by atoms with Gasteiger partial charge in [0.2, 0.25) is 0 Å². The molecule has 1 aliphatic heterocycles. The second-order valence-corrected chi connectivity index (χ2v) is 9.55. The molecular weight excluding hydrogens is 392 g/mol. The fourth-order valence-electron chi connectivity index (χ4n) is 4.19. The Morgan fingerprint density at radius 3 is 2.47 bits per heavy atom. The second-order valence-electron chi connectivity index (χ2n) is 8.55. The lowest BCUT2D eigenvalue weighted by molar-refractivity contribution is 0.0954. The minimum Gasteiger partial charge on any atom is -0.347 e. The number of aromatic nitrogens is 2. The zero-order valence-corrected chi connectivity index (χ0v) is 19.1. The van der Waals surface area contributed by atoms with Gasteiger partial charge in [0.15, 0.2) is 0 Å². The highest BCUT2D eigenvalue weighted by Crippen LogP contribution is 2.31. The predicted molar refractivity (Wildman–Crippen MR) is 123 cm³/mol. The fraction of sp³-hybridized carbons (Fsp3) is 0.458. The van der Waals surface area contributed by atoms with E-state index in [0.29, 0.717) is 6.54 Å². The minimum atomic E-state index is -0.0425. The summed E-state index contributed by atoms with van der Waals surface area (Å²) >= 11 is 1.45. The van der Waals surface area contributed by atoms with Crippen molar-refractivity contribution in [1.82, 2.24) is 20.2 Å². The van der Waals surface area contributed by atoms with E-state index < -0.39 is 0 Å². The van der Waals surface area contributed by atoms with Crippen molar-refractivity contribution in [3.8, 4) is 0 Å². The maximum atomic E-state index is 12.8. The number of fused-ring (bicyclic) bond motifs is 1. The van der Waals surface area contributed by atoms with Crippen LogP contribution < -0.4 is 5.32 Å². The highest BCUT2D eigenvalue weighted by molar-refractivity contribution is 7.20. The average Bonchev–Trinajstić information content (AvgIpc) is 3.05. The number of amides is 1. The number of benzene rings is 1. The van der Waals surface area contributed by atoms with Gasteiger partial charge in [-0.1, -0.05) is 31.2 Å². The summed E-state index contributed by atoms with van der Waals surface area (Å²) < 4.78 is 0. The third-order valence-corrected chi connectivity index (χ3v) is 7.23. The molecule has 0 atom stereocenters. The van der Waals surface area contributed by atoms with Gasteiger partial charge in [-0.25, -0.2) is 9.97 Å². The van der Waals surface area contributed by atoms with Crippen LogP contribution in [0.25, 0.3) is 10.2 Å². The number of nitrogens with zero attached hydrogens (tertiary/aromatic N) is 3. The van der Waals surface area contributed by atoms with Crippen LogP contribution in [0, 0.1) is 26.7 Å². The smallest absolute Gasteiger partial charge is 0.261 e. The molecule has 0 spiro atoms. The first-order valence-corrected chi connectivity index (χ1v) is 11.5. The summed E-state index contributed by atoms with van der Waals surface area (Å²) in [4.78, 5) is 25.9. The van der Waals surface area contributed by atoms with Crippen molar-refractivity contribution in [2.24, 2.45) is 5.92 Å². The number of piperidine rings is 1. The molecule has 6 heteroatoms.